The molecular formula is C22H23N2O4+. The van der Waals surface area contributed by atoms with Crippen molar-refractivity contribution >= 4 is 28.5 Å². The van der Waals surface area contributed by atoms with E-state index in [1.807, 2.05) is 18.2 Å². The van der Waals surface area contributed by atoms with Crippen molar-refractivity contribution in [1.29, 1.82) is 0 Å². The summed E-state index contributed by atoms with van der Waals surface area (Å²) >= 11 is 0. The van der Waals surface area contributed by atoms with E-state index < -0.39 is 11.9 Å². The van der Waals surface area contributed by atoms with Gasteiger partial charge in [0.2, 0.25) is 5.52 Å². The minimum atomic E-state index is -0.432. The molecule has 3 aromatic rings. The number of esters is 2. The topological polar surface area (TPSA) is 78.8 Å². The fourth-order valence-electron chi connectivity index (χ4n) is 3.03. The van der Waals surface area contributed by atoms with Gasteiger partial charge in [-0.3, -0.25) is 0 Å². The number of ether oxygens (including phenoxy) is 2. The Balaban J connectivity index is 1.99. The second-order valence-electron chi connectivity index (χ2n) is 6.21. The van der Waals surface area contributed by atoms with E-state index in [9.17, 15) is 9.59 Å². The molecule has 28 heavy (non-hydrogen) atoms. The predicted octanol–water partition coefficient (Wildman–Crippen LogP) is 3.27. The molecule has 0 saturated heterocycles. The van der Waals surface area contributed by atoms with Gasteiger partial charge in [-0.05, 0) is 31.0 Å². The lowest BCUT2D eigenvalue weighted by Crippen LogP contribution is -2.17. The first-order valence-electron chi connectivity index (χ1n) is 9.15. The van der Waals surface area contributed by atoms with Crippen LogP contribution in [0.2, 0.25) is 0 Å². The van der Waals surface area contributed by atoms with Gasteiger partial charge in [-0.25, -0.2) is 14.6 Å². The summed E-state index contributed by atoms with van der Waals surface area (Å²) in [5, 5.41) is 4.08. The lowest BCUT2D eigenvalue weighted by atomic mass is 10.1. The number of carbonyl (C=O) groups excluding carboxylic acids is 2. The molecule has 0 unspecified atom stereocenters. The Bertz CT molecular complexity index is 986. The zero-order valence-electron chi connectivity index (χ0n) is 16.0. The number of benzene rings is 2. The van der Waals surface area contributed by atoms with Gasteiger partial charge >= 0.3 is 11.9 Å². The van der Waals surface area contributed by atoms with E-state index in [1.165, 1.54) is 12.7 Å². The second-order valence-corrected chi connectivity index (χ2v) is 6.21. The Kier molecular flexibility index (Phi) is 6.22. The summed E-state index contributed by atoms with van der Waals surface area (Å²) in [5.74, 6) is -0.856. The van der Waals surface area contributed by atoms with Crippen LogP contribution in [0.15, 0.2) is 54.7 Å². The summed E-state index contributed by atoms with van der Waals surface area (Å²) in [6.45, 7) is 2.67. The van der Waals surface area contributed by atoms with Crippen molar-refractivity contribution in [3.63, 3.8) is 0 Å². The molecule has 0 amide bonds. The van der Waals surface area contributed by atoms with Crippen LogP contribution < -0.4 is 10.3 Å². The van der Waals surface area contributed by atoms with E-state index in [4.69, 9.17) is 9.47 Å². The highest BCUT2D eigenvalue weighted by Crippen LogP contribution is 2.26. The molecule has 0 fully saturated rings. The third-order valence-corrected chi connectivity index (χ3v) is 4.40. The molecule has 0 spiro atoms. The lowest BCUT2D eigenvalue weighted by Gasteiger charge is -2.12. The van der Waals surface area contributed by atoms with Crippen LogP contribution in [0.1, 0.15) is 33.2 Å². The normalized spacial score (nSPS) is 10.5. The van der Waals surface area contributed by atoms with Crippen LogP contribution >= 0.6 is 0 Å². The van der Waals surface area contributed by atoms with Crippen LogP contribution in [-0.2, 0) is 15.9 Å². The third kappa shape index (κ3) is 4.28. The number of aromatic nitrogens is 1. The van der Waals surface area contributed by atoms with E-state index in [1.54, 1.807) is 31.3 Å². The monoisotopic (exact) mass is 379 g/mol. The minimum absolute atomic E-state index is 0.280. The fourth-order valence-corrected chi connectivity index (χ4v) is 3.03. The molecule has 1 heterocycles. The average Bonchev–Trinajstić information content (AvgIpc) is 2.73. The summed E-state index contributed by atoms with van der Waals surface area (Å²) in [6.07, 6.45) is 2.42. The molecule has 6 heteroatoms. The van der Waals surface area contributed by atoms with Gasteiger partial charge in [0.05, 0.1) is 30.4 Å². The van der Waals surface area contributed by atoms with Crippen LogP contribution in [0.3, 0.4) is 0 Å². The standard InChI is InChI=1S/C22H22N2O4/c1-3-28-22(26)18-14-24-19-10-9-16(21(25)27-2)13-17(19)20(18)23-12-11-15-7-5-4-6-8-15/h4-10,13-14H,3,11-12H2,1-2H3,(H,23,24)/p+1. The number of fused-ring (bicyclic) bond motifs is 1. The summed E-state index contributed by atoms with van der Waals surface area (Å²) in [7, 11) is 1.34. The molecule has 3 rings (SSSR count). The quantitative estimate of drug-likeness (QED) is 0.638. The van der Waals surface area contributed by atoms with Crippen LogP contribution in [0.25, 0.3) is 10.9 Å². The Morgan fingerprint density at radius 1 is 1.07 bits per heavy atom. The van der Waals surface area contributed by atoms with Crippen LogP contribution in [-0.4, -0.2) is 32.2 Å². The molecule has 1 aromatic heterocycles. The molecule has 0 bridgehead atoms. The van der Waals surface area contributed by atoms with Crippen LogP contribution in [0, 0.1) is 0 Å². The Morgan fingerprint density at radius 2 is 1.86 bits per heavy atom. The highest BCUT2D eigenvalue weighted by molar-refractivity contribution is 6.05. The lowest BCUT2D eigenvalue weighted by molar-refractivity contribution is -0.344. The molecule has 0 radical (unpaired) electrons. The van der Waals surface area contributed by atoms with Crippen molar-refractivity contribution in [3.05, 3.63) is 71.4 Å². The van der Waals surface area contributed by atoms with Gasteiger partial charge in [0.25, 0.3) is 0 Å². The molecule has 6 nitrogen and oxygen atoms in total. The summed E-state index contributed by atoms with van der Waals surface area (Å²) in [5.41, 5.74) is 3.42. The Morgan fingerprint density at radius 3 is 2.57 bits per heavy atom. The van der Waals surface area contributed by atoms with E-state index in [-0.39, 0.29) is 6.61 Å². The second kappa shape index (κ2) is 8.99. The molecule has 2 aromatic carbocycles. The van der Waals surface area contributed by atoms with Crippen LogP contribution in [0.5, 0.6) is 0 Å². The van der Waals surface area contributed by atoms with Crippen molar-refractivity contribution < 1.29 is 24.0 Å². The molecule has 0 aliphatic carbocycles. The highest BCUT2D eigenvalue weighted by atomic mass is 16.5. The number of methoxy groups -OCH3 is 1. The average molecular weight is 379 g/mol. The molecule has 0 aliphatic rings. The predicted molar refractivity (Wildman–Crippen MR) is 106 cm³/mol. The van der Waals surface area contributed by atoms with Crippen molar-refractivity contribution in [2.75, 3.05) is 25.6 Å². The van der Waals surface area contributed by atoms with Crippen LogP contribution in [0.4, 0.5) is 5.69 Å². The first-order valence-corrected chi connectivity index (χ1v) is 9.15. The molecule has 144 valence electrons. The fraction of sp³-hybridized carbons (Fsp3) is 0.227. The molecule has 0 aliphatic heterocycles. The molecule has 0 atom stereocenters. The van der Waals surface area contributed by atoms with E-state index in [2.05, 4.69) is 22.4 Å². The van der Waals surface area contributed by atoms with Gasteiger partial charge in [0, 0.05) is 12.6 Å². The number of anilines is 1. The number of nitrogens with one attached hydrogen (secondary N) is 2. The maximum Gasteiger partial charge on any atom is 0.346 e. The SMILES string of the molecule is CCOC(=O)c1c[nH+]c2ccc(C(=O)OC)cc2c1NCCc1ccccc1. The van der Waals surface area contributed by atoms with Gasteiger partial charge in [-0.1, -0.05) is 30.3 Å². The smallest absolute Gasteiger partial charge is 0.346 e. The minimum Gasteiger partial charge on any atom is -0.465 e. The summed E-state index contributed by atoms with van der Waals surface area (Å²) in [6, 6.07) is 15.3. The van der Waals surface area contributed by atoms with E-state index in [0.717, 1.165) is 17.3 Å². The number of rotatable bonds is 7. The van der Waals surface area contributed by atoms with Crippen molar-refractivity contribution in [2.45, 2.75) is 13.3 Å². The van der Waals surface area contributed by atoms with Gasteiger partial charge < -0.3 is 14.8 Å². The zero-order chi connectivity index (χ0) is 19.9. The summed E-state index contributed by atoms with van der Waals surface area (Å²) < 4.78 is 10.0. The number of H-pyrrole nitrogens is 1. The van der Waals surface area contributed by atoms with Gasteiger partial charge in [-0.15, -0.1) is 0 Å². The highest BCUT2D eigenvalue weighted by Gasteiger charge is 2.21. The number of pyridine rings is 1. The summed E-state index contributed by atoms with van der Waals surface area (Å²) in [4.78, 5) is 27.5. The Hall–Kier alpha value is -3.41. The van der Waals surface area contributed by atoms with Crippen molar-refractivity contribution in [2.24, 2.45) is 0 Å². The number of hydrogen-bond donors (Lipinski definition) is 1. The van der Waals surface area contributed by atoms with Crippen molar-refractivity contribution in [1.82, 2.24) is 0 Å². The largest absolute Gasteiger partial charge is 0.465 e. The number of aromatic amines is 1. The van der Waals surface area contributed by atoms with Gasteiger partial charge in [0.15, 0.2) is 6.20 Å². The molecule has 2 N–H and O–H groups in total. The number of carbonyl (C=O) groups is 2. The molecule has 0 saturated carbocycles. The zero-order valence-corrected chi connectivity index (χ0v) is 16.0. The van der Waals surface area contributed by atoms with Crippen molar-refractivity contribution in [3.8, 4) is 0 Å². The Labute approximate surface area is 163 Å². The van der Waals surface area contributed by atoms with Gasteiger partial charge in [-0.2, -0.15) is 0 Å². The maximum atomic E-state index is 12.4. The number of hydrogen-bond acceptors (Lipinski definition) is 5. The first kappa shape index (κ1) is 19.4. The first-order chi connectivity index (χ1) is 13.6. The van der Waals surface area contributed by atoms with Gasteiger partial charge in [0.1, 0.15) is 5.56 Å². The molecular weight excluding hydrogens is 356 g/mol. The third-order valence-electron chi connectivity index (χ3n) is 4.40. The van der Waals surface area contributed by atoms with E-state index >= 15 is 0 Å². The maximum absolute atomic E-state index is 12.4. The van der Waals surface area contributed by atoms with E-state index in [0.29, 0.717) is 23.4 Å².